The Balaban J connectivity index is 2.08. The largest absolute Gasteiger partial charge is 0.350 e. The lowest BCUT2D eigenvalue weighted by Crippen LogP contribution is -2.02. The molecule has 0 saturated heterocycles. The first kappa shape index (κ1) is 11.4. The van der Waals surface area contributed by atoms with Crippen LogP contribution in [0.15, 0.2) is 47.2 Å². The van der Waals surface area contributed by atoms with Gasteiger partial charge in [0.05, 0.1) is 0 Å². The molecule has 84 valence electrons. The molecular formula is C13H15BrN2. The Morgan fingerprint density at radius 3 is 2.81 bits per heavy atom. The first-order chi connectivity index (χ1) is 7.78. The molecule has 0 saturated carbocycles. The Morgan fingerprint density at radius 2 is 2.06 bits per heavy atom. The van der Waals surface area contributed by atoms with Crippen LogP contribution >= 0.6 is 15.9 Å². The average molecular weight is 279 g/mol. The molecule has 0 aliphatic carbocycles. The molecule has 1 aromatic carbocycles. The van der Waals surface area contributed by atoms with Gasteiger partial charge in [-0.3, -0.25) is 0 Å². The Morgan fingerprint density at radius 1 is 1.19 bits per heavy atom. The molecule has 0 bridgehead atoms. The first-order valence-corrected chi connectivity index (χ1v) is 6.16. The summed E-state index contributed by atoms with van der Waals surface area (Å²) < 4.78 is 3.31. The van der Waals surface area contributed by atoms with E-state index in [4.69, 9.17) is 5.73 Å². The van der Waals surface area contributed by atoms with E-state index in [-0.39, 0.29) is 0 Å². The van der Waals surface area contributed by atoms with Gasteiger partial charge in [-0.1, -0.05) is 28.1 Å². The second-order valence-electron chi connectivity index (χ2n) is 3.86. The molecule has 2 aromatic rings. The van der Waals surface area contributed by atoms with Crippen molar-refractivity contribution in [3.8, 4) is 0 Å². The summed E-state index contributed by atoms with van der Waals surface area (Å²) in [5, 5.41) is 0. The third-order valence-electron chi connectivity index (χ3n) is 2.50. The Hall–Kier alpha value is -1.06. The van der Waals surface area contributed by atoms with E-state index in [0.717, 1.165) is 17.4 Å². The lowest BCUT2D eigenvalue weighted by atomic mass is 10.2. The lowest BCUT2D eigenvalue weighted by Gasteiger charge is -2.03. The Bertz CT molecular complexity index is 462. The fourth-order valence-electron chi connectivity index (χ4n) is 1.75. The summed E-state index contributed by atoms with van der Waals surface area (Å²) in [4.78, 5) is 0. The van der Waals surface area contributed by atoms with Crippen molar-refractivity contribution in [1.82, 2.24) is 4.57 Å². The highest BCUT2D eigenvalue weighted by molar-refractivity contribution is 9.10. The van der Waals surface area contributed by atoms with Crippen molar-refractivity contribution in [2.24, 2.45) is 5.73 Å². The molecule has 0 atom stereocenters. The van der Waals surface area contributed by atoms with Gasteiger partial charge in [-0.15, -0.1) is 0 Å². The van der Waals surface area contributed by atoms with Crippen LogP contribution < -0.4 is 5.73 Å². The molecule has 1 aromatic heterocycles. The molecule has 2 nitrogen and oxygen atoms in total. The molecule has 2 N–H and O–H groups in total. The van der Waals surface area contributed by atoms with Gasteiger partial charge in [0.1, 0.15) is 0 Å². The molecule has 0 aliphatic rings. The topological polar surface area (TPSA) is 30.9 Å². The van der Waals surface area contributed by atoms with Gasteiger partial charge in [-0.2, -0.15) is 0 Å². The average Bonchev–Trinajstić information content (AvgIpc) is 2.66. The van der Waals surface area contributed by atoms with Gasteiger partial charge in [-0.25, -0.2) is 0 Å². The second kappa shape index (κ2) is 5.32. The van der Waals surface area contributed by atoms with E-state index in [1.165, 1.54) is 11.1 Å². The number of nitrogens with two attached hydrogens (primary N) is 1. The van der Waals surface area contributed by atoms with Crippen molar-refractivity contribution < 1.29 is 0 Å². The summed E-state index contributed by atoms with van der Waals surface area (Å²) >= 11 is 3.48. The minimum absolute atomic E-state index is 0.709. The molecule has 0 unspecified atom stereocenters. The van der Waals surface area contributed by atoms with E-state index in [2.05, 4.69) is 57.2 Å². The van der Waals surface area contributed by atoms with E-state index in [1.54, 1.807) is 0 Å². The molecule has 0 aliphatic heterocycles. The molecule has 0 fully saturated rings. The summed E-state index contributed by atoms with van der Waals surface area (Å²) in [6.07, 6.45) is 5.21. The lowest BCUT2D eigenvalue weighted by molar-refractivity contribution is 0.800. The quantitative estimate of drug-likeness (QED) is 0.916. The van der Waals surface area contributed by atoms with E-state index in [9.17, 15) is 0 Å². The van der Waals surface area contributed by atoms with Gasteiger partial charge in [-0.05, 0) is 42.3 Å². The van der Waals surface area contributed by atoms with Gasteiger partial charge < -0.3 is 10.3 Å². The maximum Gasteiger partial charge on any atom is 0.0470 e. The summed E-state index contributed by atoms with van der Waals surface area (Å²) in [5.41, 5.74) is 8.13. The van der Waals surface area contributed by atoms with Crippen LogP contribution in [-0.2, 0) is 13.0 Å². The number of rotatable bonds is 4. The van der Waals surface area contributed by atoms with Gasteiger partial charge in [0.15, 0.2) is 0 Å². The zero-order chi connectivity index (χ0) is 11.4. The third kappa shape index (κ3) is 2.97. The number of hydrogen-bond donors (Lipinski definition) is 1. The predicted molar refractivity (Wildman–Crippen MR) is 70.4 cm³/mol. The van der Waals surface area contributed by atoms with Crippen LogP contribution in [0.3, 0.4) is 0 Å². The van der Waals surface area contributed by atoms with E-state index in [0.29, 0.717) is 6.54 Å². The van der Waals surface area contributed by atoms with E-state index >= 15 is 0 Å². The highest BCUT2D eigenvalue weighted by Crippen LogP contribution is 2.13. The van der Waals surface area contributed by atoms with Crippen molar-refractivity contribution >= 4 is 15.9 Å². The highest BCUT2D eigenvalue weighted by Gasteiger charge is 1.98. The molecule has 3 heteroatoms. The molecule has 16 heavy (non-hydrogen) atoms. The van der Waals surface area contributed by atoms with Crippen molar-refractivity contribution in [2.75, 3.05) is 6.54 Å². The summed E-state index contributed by atoms with van der Waals surface area (Å²) in [6.45, 7) is 1.62. The van der Waals surface area contributed by atoms with Crippen LogP contribution in [0.5, 0.6) is 0 Å². The summed E-state index contributed by atoms with van der Waals surface area (Å²) in [7, 11) is 0. The molecular weight excluding hydrogens is 264 g/mol. The van der Waals surface area contributed by atoms with Crippen molar-refractivity contribution in [3.63, 3.8) is 0 Å². The molecule has 0 amide bonds. The van der Waals surface area contributed by atoms with Crippen LogP contribution in [0.4, 0.5) is 0 Å². The van der Waals surface area contributed by atoms with E-state index < -0.39 is 0 Å². The van der Waals surface area contributed by atoms with Gasteiger partial charge in [0, 0.05) is 23.4 Å². The number of aromatic nitrogens is 1. The second-order valence-corrected chi connectivity index (χ2v) is 4.78. The minimum Gasteiger partial charge on any atom is -0.350 e. The SMILES string of the molecule is NCCc1ccn(Cc2cccc(Br)c2)c1. The maximum atomic E-state index is 5.53. The first-order valence-electron chi connectivity index (χ1n) is 5.37. The van der Waals surface area contributed by atoms with Crippen LogP contribution in [0.2, 0.25) is 0 Å². The van der Waals surface area contributed by atoms with Crippen molar-refractivity contribution in [2.45, 2.75) is 13.0 Å². The van der Waals surface area contributed by atoms with Crippen molar-refractivity contribution in [1.29, 1.82) is 0 Å². The molecule has 0 spiro atoms. The summed E-state index contributed by atoms with van der Waals surface area (Å²) in [6, 6.07) is 10.5. The predicted octanol–water partition coefficient (Wildman–Crippen LogP) is 2.80. The normalized spacial score (nSPS) is 10.6. The monoisotopic (exact) mass is 278 g/mol. The fraction of sp³-hybridized carbons (Fsp3) is 0.231. The third-order valence-corrected chi connectivity index (χ3v) is 2.99. The number of benzene rings is 1. The van der Waals surface area contributed by atoms with E-state index in [1.807, 2.05) is 6.07 Å². The Labute approximate surface area is 104 Å². The number of hydrogen-bond acceptors (Lipinski definition) is 1. The standard InChI is InChI=1S/C13H15BrN2/c14-13-3-1-2-12(8-13)10-16-7-5-11(9-16)4-6-15/h1-3,5,7-9H,4,6,10,15H2. The zero-order valence-corrected chi connectivity index (χ0v) is 10.7. The van der Waals surface area contributed by atoms with Gasteiger partial charge >= 0.3 is 0 Å². The van der Waals surface area contributed by atoms with Crippen LogP contribution in [0.25, 0.3) is 0 Å². The fourth-order valence-corrected chi connectivity index (χ4v) is 2.20. The minimum atomic E-state index is 0.709. The van der Waals surface area contributed by atoms with Gasteiger partial charge in [0.2, 0.25) is 0 Å². The van der Waals surface area contributed by atoms with Gasteiger partial charge in [0.25, 0.3) is 0 Å². The number of nitrogens with zero attached hydrogens (tertiary/aromatic N) is 1. The zero-order valence-electron chi connectivity index (χ0n) is 9.07. The van der Waals surface area contributed by atoms with Crippen LogP contribution in [0.1, 0.15) is 11.1 Å². The number of halogens is 1. The summed E-state index contributed by atoms with van der Waals surface area (Å²) in [5.74, 6) is 0. The molecule has 1 heterocycles. The van der Waals surface area contributed by atoms with Crippen LogP contribution in [0, 0.1) is 0 Å². The Kier molecular flexibility index (Phi) is 3.80. The highest BCUT2D eigenvalue weighted by atomic mass is 79.9. The smallest absolute Gasteiger partial charge is 0.0470 e. The maximum absolute atomic E-state index is 5.53. The van der Waals surface area contributed by atoms with Crippen LogP contribution in [-0.4, -0.2) is 11.1 Å². The molecule has 0 radical (unpaired) electrons. The van der Waals surface area contributed by atoms with Crippen molar-refractivity contribution in [3.05, 3.63) is 58.3 Å². The molecule has 2 rings (SSSR count).